The third-order valence-corrected chi connectivity index (χ3v) is 1.32. The lowest BCUT2D eigenvalue weighted by atomic mass is 10.3. The van der Waals surface area contributed by atoms with E-state index < -0.39 is 6.03 Å². The maximum absolute atomic E-state index is 11.1. The zero-order valence-electron chi connectivity index (χ0n) is 7.40. The smallest absolute Gasteiger partial charge is 0.339 e. The van der Waals surface area contributed by atoms with Gasteiger partial charge in [0, 0.05) is 5.69 Å². The number of nitrogens with two attached hydrogens (primary N) is 2. The van der Waals surface area contributed by atoms with Crippen molar-refractivity contribution in [3.8, 4) is 0 Å². The fraction of sp³-hybridized carbons (Fsp3) is 0. The minimum Gasteiger partial charge on any atom is -0.369 e. The summed E-state index contributed by atoms with van der Waals surface area (Å²) in [7, 11) is 0. The van der Waals surface area contributed by atoms with Crippen LogP contribution in [0.1, 0.15) is 0 Å². The highest BCUT2D eigenvalue weighted by Gasteiger charge is 1.98. The number of hydrogen-bond acceptors (Lipinski definition) is 2. The molecule has 1 aromatic rings. The summed E-state index contributed by atoms with van der Waals surface area (Å²) >= 11 is 0. The molecular formula is C8H11N5O. The quantitative estimate of drug-likeness (QED) is 0.301. The Morgan fingerprint density at radius 3 is 2.43 bits per heavy atom. The molecule has 6 N–H and O–H groups in total. The van der Waals surface area contributed by atoms with Gasteiger partial charge in [0.05, 0.1) is 0 Å². The Morgan fingerprint density at radius 2 is 1.86 bits per heavy atom. The normalized spacial score (nSPS) is 8.86. The van der Waals surface area contributed by atoms with E-state index in [1.807, 2.05) is 6.07 Å². The molecule has 1 rings (SSSR count). The Bertz CT molecular complexity index is 331. The minimum absolute atomic E-state index is 0.201. The zero-order chi connectivity index (χ0) is 10.4. The van der Waals surface area contributed by atoms with Crippen LogP contribution in [0, 0.1) is 0 Å². The number of amides is 2. The molecule has 2 amide bonds. The monoisotopic (exact) mass is 193 g/mol. The van der Waals surface area contributed by atoms with Gasteiger partial charge in [-0.3, -0.25) is 0 Å². The number of carbonyl (C=O) groups excluding carboxylic acids is 1. The molecule has 0 aliphatic rings. The van der Waals surface area contributed by atoms with Crippen molar-refractivity contribution in [1.82, 2.24) is 5.43 Å². The number of hydrazone groups is 1. The second-order valence-corrected chi connectivity index (χ2v) is 2.47. The molecule has 0 fully saturated rings. The molecule has 74 valence electrons. The van der Waals surface area contributed by atoms with Gasteiger partial charge in [-0.2, -0.15) is 0 Å². The highest BCUT2D eigenvalue weighted by Crippen LogP contribution is 2.03. The number of para-hydroxylation sites is 1. The highest BCUT2D eigenvalue weighted by atomic mass is 16.2. The Labute approximate surface area is 81.0 Å². The molecule has 6 heteroatoms. The van der Waals surface area contributed by atoms with Gasteiger partial charge in [0.2, 0.25) is 5.96 Å². The number of hydrogen-bond donors (Lipinski definition) is 4. The summed E-state index contributed by atoms with van der Waals surface area (Å²) in [5.74, 6) is -0.201. The second kappa shape index (κ2) is 4.70. The van der Waals surface area contributed by atoms with Crippen LogP contribution in [-0.2, 0) is 0 Å². The molecule has 0 aromatic heterocycles. The molecule has 0 bridgehead atoms. The van der Waals surface area contributed by atoms with Gasteiger partial charge >= 0.3 is 6.03 Å². The van der Waals surface area contributed by atoms with Crippen LogP contribution in [0.4, 0.5) is 10.5 Å². The van der Waals surface area contributed by atoms with Gasteiger partial charge < -0.3 is 16.8 Å². The number of nitrogens with one attached hydrogen (secondary N) is 2. The van der Waals surface area contributed by atoms with Crippen LogP contribution in [0.2, 0.25) is 0 Å². The molecule has 1 aromatic carbocycles. The van der Waals surface area contributed by atoms with Gasteiger partial charge in [-0.25, -0.2) is 10.2 Å². The van der Waals surface area contributed by atoms with E-state index in [1.54, 1.807) is 24.3 Å². The van der Waals surface area contributed by atoms with Crippen molar-refractivity contribution < 1.29 is 4.79 Å². The third-order valence-electron chi connectivity index (χ3n) is 1.32. The van der Waals surface area contributed by atoms with E-state index in [0.29, 0.717) is 5.69 Å². The van der Waals surface area contributed by atoms with Crippen LogP contribution in [0.3, 0.4) is 0 Å². The Kier molecular flexibility index (Phi) is 3.31. The van der Waals surface area contributed by atoms with Gasteiger partial charge in [-0.1, -0.05) is 18.2 Å². The lowest BCUT2D eigenvalue weighted by Crippen LogP contribution is -2.31. The third kappa shape index (κ3) is 3.44. The van der Waals surface area contributed by atoms with Crippen LogP contribution < -0.4 is 22.2 Å². The van der Waals surface area contributed by atoms with Crippen LogP contribution in [0.5, 0.6) is 0 Å². The summed E-state index contributed by atoms with van der Waals surface area (Å²) in [6, 6.07) is 8.44. The molecule has 6 nitrogen and oxygen atoms in total. The summed E-state index contributed by atoms with van der Waals surface area (Å²) < 4.78 is 0. The first kappa shape index (κ1) is 9.85. The Morgan fingerprint density at radius 1 is 1.21 bits per heavy atom. The number of guanidine groups is 1. The number of anilines is 1. The number of carbonyl (C=O) groups is 1. The van der Waals surface area contributed by atoms with Crippen LogP contribution in [0.15, 0.2) is 35.4 Å². The van der Waals surface area contributed by atoms with Gasteiger partial charge in [0.25, 0.3) is 0 Å². The van der Waals surface area contributed by atoms with Crippen LogP contribution in [-0.4, -0.2) is 12.0 Å². The molecule has 0 saturated heterocycles. The standard InChI is InChI=1S/C8H11N5O/c9-7(10)12-13-8(14)11-6-4-2-1-3-5-6/h1-5H,(H4,9,10,12)(H2,11,13,14). The predicted octanol–water partition coefficient (Wildman–Crippen LogP) is -0.00350. The van der Waals surface area contributed by atoms with E-state index in [0.717, 1.165) is 0 Å². The minimum atomic E-state index is -0.496. The van der Waals surface area contributed by atoms with Gasteiger partial charge in [-0.05, 0) is 12.1 Å². The van der Waals surface area contributed by atoms with E-state index in [-0.39, 0.29) is 5.96 Å². The molecule has 0 atom stereocenters. The summed E-state index contributed by atoms with van der Waals surface area (Å²) in [5, 5.41) is 5.86. The van der Waals surface area contributed by atoms with E-state index in [4.69, 9.17) is 11.5 Å². The van der Waals surface area contributed by atoms with Crippen molar-refractivity contribution in [3.63, 3.8) is 0 Å². The van der Waals surface area contributed by atoms with E-state index in [1.165, 1.54) is 0 Å². The van der Waals surface area contributed by atoms with Crippen LogP contribution in [0.25, 0.3) is 0 Å². The summed E-state index contributed by atoms with van der Waals surface area (Å²) in [6.45, 7) is 0. The first-order valence-electron chi connectivity index (χ1n) is 3.89. The largest absolute Gasteiger partial charge is 0.369 e. The predicted molar refractivity (Wildman–Crippen MR) is 54.4 cm³/mol. The summed E-state index contributed by atoms with van der Waals surface area (Å²) in [5.41, 5.74) is 12.8. The number of nitrogens with zero attached hydrogens (tertiary/aromatic N) is 1. The molecular weight excluding hydrogens is 182 g/mol. The van der Waals surface area contributed by atoms with Crippen molar-refractivity contribution in [2.45, 2.75) is 0 Å². The molecule has 0 spiro atoms. The number of benzene rings is 1. The number of urea groups is 1. The average Bonchev–Trinajstić information content (AvgIpc) is 2.16. The van der Waals surface area contributed by atoms with Crippen molar-refractivity contribution in [1.29, 1.82) is 0 Å². The van der Waals surface area contributed by atoms with E-state index in [9.17, 15) is 4.79 Å². The lowest BCUT2D eigenvalue weighted by Gasteiger charge is -2.02. The van der Waals surface area contributed by atoms with Crippen LogP contribution >= 0.6 is 0 Å². The fourth-order valence-corrected chi connectivity index (χ4v) is 0.796. The Hall–Kier alpha value is -2.24. The van der Waals surface area contributed by atoms with E-state index in [2.05, 4.69) is 15.8 Å². The number of rotatable bonds is 2. The van der Waals surface area contributed by atoms with E-state index >= 15 is 0 Å². The molecule has 0 aliphatic carbocycles. The molecule has 0 aliphatic heterocycles. The zero-order valence-corrected chi connectivity index (χ0v) is 7.40. The second-order valence-electron chi connectivity index (χ2n) is 2.47. The summed E-state index contributed by atoms with van der Waals surface area (Å²) in [6.07, 6.45) is 0. The first-order chi connectivity index (χ1) is 6.68. The molecule has 0 radical (unpaired) electrons. The molecule has 0 saturated carbocycles. The Balaban J connectivity index is 2.46. The van der Waals surface area contributed by atoms with Crippen molar-refractivity contribution in [3.05, 3.63) is 30.3 Å². The van der Waals surface area contributed by atoms with Gasteiger partial charge in [0.15, 0.2) is 0 Å². The fourth-order valence-electron chi connectivity index (χ4n) is 0.796. The van der Waals surface area contributed by atoms with Gasteiger partial charge in [-0.15, -0.1) is 5.10 Å². The highest BCUT2D eigenvalue weighted by molar-refractivity contribution is 5.90. The van der Waals surface area contributed by atoms with Gasteiger partial charge in [0.1, 0.15) is 0 Å². The van der Waals surface area contributed by atoms with Crippen molar-refractivity contribution in [2.24, 2.45) is 16.6 Å². The molecule has 0 unspecified atom stereocenters. The molecule has 14 heavy (non-hydrogen) atoms. The average molecular weight is 193 g/mol. The maximum atomic E-state index is 11.1. The first-order valence-corrected chi connectivity index (χ1v) is 3.89. The maximum Gasteiger partial charge on any atom is 0.339 e. The van der Waals surface area contributed by atoms with Crippen molar-refractivity contribution >= 4 is 17.7 Å². The SMILES string of the molecule is NC(N)=NNC(=O)Nc1ccccc1. The lowest BCUT2D eigenvalue weighted by molar-refractivity contribution is 0.252. The topological polar surface area (TPSA) is 106 Å². The van der Waals surface area contributed by atoms with Crippen molar-refractivity contribution in [2.75, 3.05) is 5.32 Å². The molecule has 0 heterocycles. The summed E-state index contributed by atoms with van der Waals surface area (Å²) in [4.78, 5) is 11.1.